The summed E-state index contributed by atoms with van der Waals surface area (Å²) < 4.78 is 1.05. The number of halogens is 1. The number of nitrogens with zero attached hydrogens (tertiary/aromatic N) is 1. The van der Waals surface area contributed by atoms with E-state index in [2.05, 4.69) is 22.6 Å². The number of benzene rings is 1. The summed E-state index contributed by atoms with van der Waals surface area (Å²) in [6.45, 7) is 0.530. The Balaban J connectivity index is 2.19. The van der Waals surface area contributed by atoms with Crippen LogP contribution >= 0.6 is 22.6 Å². The van der Waals surface area contributed by atoms with E-state index in [1.807, 2.05) is 12.1 Å². The smallest absolute Gasteiger partial charge is 0.326 e. The van der Waals surface area contributed by atoms with Crippen LogP contribution < -0.4 is 0 Å². The number of hydrogen-bond acceptors (Lipinski definition) is 2. The quantitative estimate of drug-likeness (QED) is 0.834. The predicted molar refractivity (Wildman–Crippen MR) is 70.9 cm³/mol. The minimum absolute atomic E-state index is 0.189. The van der Waals surface area contributed by atoms with E-state index >= 15 is 0 Å². The molecule has 1 fully saturated rings. The Morgan fingerprint density at radius 1 is 1.29 bits per heavy atom. The van der Waals surface area contributed by atoms with Crippen LogP contribution in [-0.4, -0.2) is 34.5 Å². The Morgan fingerprint density at radius 2 is 1.94 bits per heavy atom. The van der Waals surface area contributed by atoms with Crippen molar-refractivity contribution in [3.8, 4) is 0 Å². The molecule has 90 valence electrons. The van der Waals surface area contributed by atoms with Crippen molar-refractivity contribution in [3.05, 3.63) is 33.4 Å². The predicted octanol–water partition coefficient (Wildman–Crippen LogP) is 1.98. The summed E-state index contributed by atoms with van der Waals surface area (Å²) in [5.74, 6) is -1.10. The molecule has 1 aromatic rings. The van der Waals surface area contributed by atoms with E-state index in [0.29, 0.717) is 18.5 Å². The van der Waals surface area contributed by atoms with Gasteiger partial charge in [-0.1, -0.05) is 0 Å². The van der Waals surface area contributed by atoms with Crippen molar-refractivity contribution in [1.29, 1.82) is 0 Å². The molecule has 1 aliphatic rings. The average Bonchev–Trinajstić information content (AvgIpc) is 2.78. The van der Waals surface area contributed by atoms with Gasteiger partial charge in [0.15, 0.2) is 0 Å². The lowest BCUT2D eigenvalue weighted by Gasteiger charge is -2.21. The molecule has 1 heterocycles. The third kappa shape index (κ3) is 2.59. The highest BCUT2D eigenvalue weighted by Gasteiger charge is 2.34. The first-order valence-corrected chi connectivity index (χ1v) is 6.47. The molecule has 1 atom stereocenters. The lowest BCUT2D eigenvalue weighted by atomic mass is 10.1. The van der Waals surface area contributed by atoms with Crippen LogP contribution in [0, 0.1) is 3.57 Å². The van der Waals surface area contributed by atoms with Gasteiger partial charge in [-0.25, -0.2) is 4.79 Å². The number of amides is 1. The average molecular weight is 345 g/mol. The molecular formula is C12H12INO3. The van der Waals surface area contributed by atoms with Crippen LogP contribution in [0.1, 0.15) is 23.2 Å². The van der Waals surface area contributed by atoms with Crippen LogP contribution in [0.4, 0.5) is 0 Å². The summed E-state index contributed by atoms with van der Waals surface area (Å²) in [6, 6.07) is 6.50. The molecule has 0 aromatic heterocycles. The van der Waals surface area contributed by atoms with Gasteiger partial charge in [-0.2, -0.15) is 0 Å². The van der Waals surface area contributed by atoms with Crippen molar-refractivity contribution in [2.75, 3.05) is 6.54 Å². The van der Waals surface area contributed by atoms with Crippen LogP contribution in [0.15, 0.2) is 24.3 Å². The third-order valence-corrected chi connectivity index (χ3v) is 3.61. The Bertz CT molecular complexity index is 444. The lowest BCUT2D eigenvalue weighted by molar-refractivity contribution is -0.141. The fraction of sp³-hybridized carbons (Fsp3) is 0.333. The summed E-state index contributed by atoms with van der Waals surface area (Å²) in [5.41, 5.74) is 0.554. The number of hydrogen-bond donors (Lipinski definition) is 1. The van der Waals surface area contributed by atoms with Gasteiger partial charge in [-0.15, -0.1) is 0 Å². The maximum Gasteiger partial charge on any atom is 0.326 e. The largest absolute Gasteiger partial charge is 0.480 e. The highest BCUT2D eigenvalue weighted by atomic mass is 127. The lowest BCUT2D eigenvalue weighted by Crippen LogP contribution is -2.40. The first-order valence-electron chi connectivity index (χ1n) is 5.39. The molecule has 5 heteroatoms. The second-order valence-corrected chi connectivity index (χ2v) is 5.25. The number of carboxylic acid groups (broad SMARTS) is 1. The molecule has 4 nitrogen and oxygen atoms in total. The minimum atomic E-state index is -0.915. The Morgan fingerprint density at radius 3 is 2.53 bits per heavy atom. The molecule has 0 spiro atoms. The van der Waals surface area contributed by atoms with E-state index in [1.165, 1.54) is 4.90 Å². The van der Waals surface area contributed by atoms with E-state index in [0.717, 1.165) is 9.99 Å². The van der Waals surface area contributed by atoms with E-state index in [9.17, 15) is 9.59 Å². The molecular weight excluding hydrogens is 333 g/mol. The molecule has 1 saturated heterocycles. The first kappa shape index (κ1) is 12.3. The highest BCUT2D eigenvalue weighted by Crippen LogP contribution is 2.20. The normalized spacial score (nSPS) is 19.4. The molecule has 1 aromatic carbocycles. The fourth-order valence-corrected chi connectivity index (χ4v) is 2.38. The zero-order valence-corrected chi connectivity index (χ0v) is 11.3. The van der Waals surface area contributed by atoms with Gasteiger partial charge < -0.3 is 10.0 Å². The van der Waals surface area contributed by atoms with E-state index < -0.39 is 12.0 Å². The van der Waals surface area contributed by atoms with Crippen LogP contribution in [-0.2, 0) is 4.79 Å². The van der Waals surface area contributed by atoms with E-state index in [-0.39, 0.29) is 5.91 Å². The Kier molecular flexibility index (Phi) is 3.66. The molecule has 2 rings (SSSR count). The molecule has 0 bridgehead atoms. The van der Waals surface area contributed by atoms with Crippen LogP contribution in [0.25, 0.3) is 0 Å². The Labute approximate surface area is 113 Å². The molecule has 1 unspecified atom stereocenters. The topological polar surface area (TPSA) is 57.6 Å². The summed E-state index contributed by atoms with van der Waals surface area (Å²) in [6.07, 6.45) is 1.30. The van der Waals surface area contributed by atoms with E-state index in [4.69, 9.17) is 5.11 Å². The first-order chi connectivity index (χ1) is 8.09. The summed E-state index contributed by atoms with van der Waals surface area (Å²) in [4.78, 5) is 24.6. The maximum atomic E-state index is 12.1. The molecule has 1 N–H and O–H groups in total. The SMILES string of the molecule is O=C(O)C1CCCN1C(=O)c1ccc(I)cc1. The van der Waals surface area contributed by atoms with Gasteiger partial charge in [0.25, 0.3) is 5.91 Å². The molecule has 1 aliphatic heterocycles. The summed E-state index contributed by atoms with van der Waals surface area (Å²) in [5, 5.41) is 9.03. The number of carbonyl (C=O) groups is 2. The molecule has 1 amide bonds. The van der Waals surface area contributed by atoms with Gasteiger partial charge in [0, 0.05) is 15.7 Å². The number of aliphatic carboxylic acids is 1. The highest BCUT2D eigenvalue weighted by molar-refractivity contribution is 14.1. The second kappa shape index (κ2) is 5.03. The van der Waals surface area contributed by atoms with Gasteiger partial charge in [-0.3, -0.25) is 4.79 Å². The van der Waals surface area contributed by atoms with E-state index in [1.54, 1.807) is 12.1 Å². The van der Waals surface area contributed by atoms with Crippen molar-refractivity contribution in [1.82, 2.24) is 4.90 Å². The van der Waals surface area contributed by atoms with Gasteiger partial charge in [0.05, 0.1) is 0 Å². The standard InChI is InChI=1S/C12H12INO3/c13-9-5-3-8(4-6-9)11(15)14-7-1-2-10(14)12(16)17/h3-6,10H,1-2,7H2,(H,16,17). The maximum absolute atomic E-state index is 12.1. The summed E-state index contributed by atoms with van der Waals surface area (Å²) >= 11 is 2.16. The number of carboxylic acids is 1. The fourth-order valence-electron chi connectivity index (χ4n) is 2.02. The monoisotopic (exact) mass is 345 g/mol. The number of likely N-dealkylation sites (tertiary alicyclic amines) is 1. The van der Waals surface area contributed by atoms with Crippen LogP contribution in [0.2, 0.25) is 0 Å². The van der Waals surface area contributed by atoms with Crippen molar-refractivity contribution in [2.45, 2.75) is 18.9 Å². The second-order valence-electron chi connectivity index (χ2n) is 4.00. The minimum Gasteiger partial charge on any atom is -0.480 e. The zero-order valence-electron chi connectivity index (χ0n) is 9.10. The van der Waals surface area contributed by atoms with Gasteiger partial charge >= 0.3 is 5.97 Å². The van der Waals surface area contributed by atoms with Gasteiger partial charge in [0.2, 0.25) is 0 Å². The molecule has 0 aliphatic carbocycles. The molecule has 0 saturated carbocycles. The van der Waals surface area contributed by atoms with Gasteiger partial charge in [0.1, 0.15) is 6.04 Å². The van der Waals surface area contributed by atoms with Crippen molar-refractivity contribution in [2.24, 2.45) is 0 Å². The van der Waals surface area contributed by atoms with Crippen LogP contribution in [0.5, 0.6) is 0 Å². The Hall–Kier alpha value is -1.11. The van der Waals surface area contributed by atoms with Crippen molar-refractivity contribution in [3.63, 3.8) is 0 Å². The molecule has 0 radical (unpaired) electrons. The van der Waals surface area contributed by atoms with Crippen LogP contribution in [0.3, 0.4) is 0 Å². The summed E-state index contributed by atoms with van der Waals surface area (Å²) in [7, 11) is 0. The number of carbonyl (C=O) groups excluding carboxylic acids is 1. The number of rotatable bonds is 2. The van der Waals surface area contributed by atoms with Crippen molar-refractivity contribution >= 4 is 34.5 Å². The third-order valence-electron chi connectivity index (χ3n) is 2.89. The molecule has 17 heavy (non-hydrogen) atoms. The van der Waals surface area contributed by atoms with Gasteiger partial charge in [-0.05, 0) is 59.7 Å². The zero-order chi connectivity index (χ0) is 12.4. The van der Waals surface area contributed by atoms with Crippen molar-refractivity contribution < 1.29 is 14.7 Å².